The predicted octanol–water partition coefficient (Wildman–Crippen LogP) is 13.6. The standard InChI is InChI=1S/2C28H25N5O4.2C27H21F2N5O4/c1-16-10-19(11-20-13-29-32(2)24(16)20)17-4-7-21(8-5-17)28(26(35)30-27(36)31-28)15-33-14-18-6-9-22(37-3)12-23(18)25(33)34;1-16-10-19(11-23-24(16)29-15-32(23)2)17-4-7-20(8-5-17)28(26(35)30-27(36)31-28)14-33-13-18-6-9-21(37-3)12-22(18)25(33)34;1-33-12-18-10-16(5-9-22(18)32-33)15-2-6-19(7-3-15)27(24(36)30-26(37)31-27)14-34-13-17-4-8-20(38-25(28)29)11-21(17)23(34)35;1-33-22-9-5-16(10-18(22)12-30-33)15-2-6-19(7-3-15)27(24(36)31-26(37)32-27)14-34-13-17-4-8-20(38-25(28)29)11-21(17)23(34)35/h4-13H,14-15H2,1-3H3,(H2,30,31,35,36);4-12,15H,13-14H2,1-3H3,(H2,30,31,35,36);2-12,25H,13-14H2,1H3,(H2,30,31,36,37);2-12,25H,13-14H2,1H3,(H2,31,32,36,37)/t2*28-;2*27-/m0000/s1. The van der Waals surface area contributed by atoms with Gasteiger partial charge < -0.3 is 64.4 Å². The maximum Gasteiger partial charge on any atom is 0.387 e. The number of carbonyl (C=O) groups is 12. The molecule has 4 aromatic heterocycles. The molecule has 4 fully saturated rings. The highest BCUT2D eigenvalue weighted by atomic mass is 19.3. The van der Waals surface area contributed by atoms with E-state index in [1.165, 1.54) is 34.1 Å². The number of urea groups is 4. The summed E-state index contributed by atoms with van der Waals surface area (Å²) in [5.41, 5.74) is 15.6. The summed E-state index contributed by atoms with van der Waals surface area (Å²) >= 11 is 0. The Kier molecular flexibility index (Phi) is 24.6. The molecule has 36 nitrogen and oxygen atoms in total. The first-order chi connectivity index (χ1) is 72.0. The van der Waals surface area contributed by atoms with Crippen LogP contribution in [0.3, 0.4) is 0 Å². The Morgan fingerprint density at radius 1 is 0.347 bits per heavy atom. The van der Waals surface area contributed by atoms with Crippen LogP contribution in [0.25, 0.3) is 88.2 Å². The molecule has 12 heterocycles. The Bertz CT molecular complexity index is 8210. The number of benzene rings is 12. The molecule has 0 spiro atoms. The lowest BCUT2D eigenvalue weighted by atomic mass is 9.87. The van der Waals surface area contributed by atoms with Crippen LogP contribution in [0.1, 0.15) is 97.1 Å². The number of imidazole rings is 1. The van der Waals surface area contributed by atoms with E-state index in [1.807, 2.05) is 178 Å². The van der Waals surface area contributed by atoms with Crippen LogP contribution in [-0.4, -0.2) is 183 Å². The van der Waals surface area contributed by atoms with Crippen molar-refractivity contribution in [2.75, 3.05) is 40.4 Å². The second-order valence-corrected chi connectivity index (χ2v) is 37.8. The van der Waals surface area contributed by atoms with Gasteiger partial charge in [-0.2, -0.15) is 32.9 Å². The van der Waals surface area contributed by atoms with E-state index in [-0.39, 0.29) is 73.7 Å². The molecule has 16 aromatic rings. The molecule has 12 aromatic carbocycles. The predicted molar refractivity (Wildman–Crippen MR) is 539 cm³/mol. The van der Waals surface area contributed by atoms with Gasteiger partial charge in [-0.3, -0.25) is 73.7 Å². The van der Waals surface area contributed by atoms with Crippen LogP contribution < -0.4 is 61.5 Å². The smallest absolute Gasteiger partial charge is 0.387 e. The third-order valence-electron chi connectivity index (χ3n) is 28.5. The Labute approximate surface area is 850 Å². The number of hydrogen-bond acceptors (Lipinski definition) is 20. The van der Waals surface area contributed by atoms with Crippen LogP contribution in [0.5, 0.6) is 23.0 Å². The molecular formula is C110H92F4N20O16. The average Bonchev–Trinajstić information content (AvgIpc) is 1.60. The molecule has 24 rings (SSSR count). The molecular weight excluding hydrogens is 1930 g/mol. The molecule has 0 aliphatic carbocycles. The summed E-state index contributed by atoms with van der Waals surface area (Å²) in [6.45, 7) is -1.28. The molecule has 8 aliphatic rings. The average molecular weight is 2030 g/mol. The molecule has 0 unspecified atom stereocenters. The highest BCUT2D eigenvalue weighted by Gasteiger charge is 2.55. The zero-order valence-corrected chi connectivity index (χ0v) is 81.5. The Hall–Kier alpha value is -18.9. The first-order valence-electron chi connectivity index (χ1n) is 47.4. The molecule has 40 heteroatoms. The van der Waals surface area contributed by atoms with Gasteiger partial charge in [0.2, 0.25) is 0 Å². The maximum absolute atomic E-state index is 13.2. The summed E-state index contributed by atoms with van der Waals surface area (Å²) < 4.78 is 77.3. The third kappa shape index (κ3) is 17.7. The maximum atomic E-state index is 13.2. The van der Waals surface area contributed by atoms with Crippen LogP contribution in [0.4, 0.5) is 36.7 Å². The number of aryl methyl sites for hydroxylation is 6. The minimum Gasteiger partial charge on any atom is -0.497 e. The zero-order valence-electron chi connectivity index (χ0n) is 81.5. The number of aromatic nitrogens is 8. The summed E-state index contributed by atoms with van der Waals surface area (Å²) in [5.74, 6) is -2.54. The number of alkyl halides is 4. The van der Waals surface area contributed by atoms with Gasteiger partial charge in [0.05, 0.1) is 86.7 Å². The van der Waals surface area contributed by atoms with Gasteiger partial charge in [0.25, 0.3) is 47.3 Å². The van der Waals surface area contributed by atoms with E-state index >= 15 is 0 Å². The first-order valence-corrected chi connectivity index (χ1v) is 47.4. The number of rotatable bonds is 22. The van der Waals surface area contributed by atoms with Crippen LogP contribution in [0.2, 0.25) is 0 Å². The second-order valence-electron chi connectivity index (χ2n) is 37.8. The lowest BCUT2D eigenvalue weighted by molar-refractivity contribution is -0.125. The lowest BCUT2D eigenvalue weighted by Gasteiger charge is -2.31. The number of ether oxygens (including phenoxy) is 4. The van der Waals surface area contributed by atoms with E-state index < -0.39 is 94.9 Å². The van der Waals surface area contributed by atoms with Gasteiger partial charge in [0.1, 0.15) is 23.0 Å². The minimum atomic E-state index is -3.02. The number of nitrogens with one attached hydrogen (secondary N) is 8. The molecule has 0 radical (unpaired) electrons. The fourth-order valence-electron chi connectivity index (χ4n) is 21.0. The molecule has 8 aliphatic heterocycles. The van der Waals surface area contributed by atoms with E-state index in [1.54, 1.807) is 107 Å². The van der Waals surface area contributed by atoms with Crippen LogP contribution >= 0.6 is 0 Å². The Morgan fingerprint density at radius 2 is 0.680 bits per heavy atom. The highest BCUT2D eigenvalue weighted by molar-refractivity contribution is 6.12. The molecule has 8 N–H and O–H groups in total. The molecule has 16 amide bonds. The van der Waals surface area contributed by atoms with Gasteiger partial charge >= 0.3 is 37.3 Å². The van der Waals surface area contributed by atoms with E-state index in [9.17, 15) is 75.1 Å². The second kappa shape index (κ2) is 37.9. The van der Waals surface area contributed by atoms with Crippen molar-refractivity contribution < 1.29 is 94.0 Å². The van der Waals surface area contributed by atoms with Gasteiger partial charge in [0, 0.05) is 99.0 Å². The van der Waals surface area contributed by atoms with E-state index in [0.717, 1.165) is 111 Å². The van der Waals surface area contributed by atoms with Gasteiger partial charge in [-0.1, -0.05) is 133 Å². The molecule has 4 saturated heterocycles. The SMILES string of the molecule is COc1ccc2c(c1)C(=O)N(C[C@@]1(c3ccc(-c4cc(C)c5c(cnn5C)c4)cc3)NC(=O)NC1=O)C2.COc1ccc2c(c1)C(=O)N(C[C@@]1(c3ccc(-c4cc(C)c5ncn(C)c5c4)cc3)NC(=O)NC1=O)C2.Cn1cc2cc(-c3ccc([C@]4(CN5Cc6ccc(OC(F)F)cc6C5=O)NC(=O)NC4=O)cc3)ccc2n1.Cn1ncc2cc(-c3ccc([C@]4(CN5Cc6ccc(OC(F)F)cc6C5=O)NC(=O)NC4=O)cc3)ccc21. The molecule has 0 bridgehead atoms. The van der Waals surface area contributed by atoms with E-state index in [0.29, 0.717) is 69.1 Å². The Morgan fingerprint density at radius 3 is 1.06 bits per heavy atom. The summed E-state index contributed by atoms with van der Waals surface area (Å²) in [7, 11) is 10.7. The van der Waals surface area contributed by atoms with E-state index in [4.69, 9.17) is 9.47 Å². The van der Waals surface area contributed by atoms with Crippen molar-refractivity contribution in [3.05, 3.63) is 333 Å². The molecule has 4 atom stereocenters. The van der Waals surface area contributed by atoms with Crippen LogP contribution in [0, 0.1) is 13.8 Å². The lowest BCUT2D eigenvalue weighted by Crippen LogP contribution is -2.52. The number of imide groups is 4. The van der Waals surface area contributed by atoms with Crippen molar-refractivity contribution in [3.63, 3.8) is 0 Å². The van der Waals surface area contributed by atoms with Crippen molar-refractivity contribution >= 4 is 115 Å². The number of methoxy groups -OCH3 is 2. The topological polar surface area (TPSA) is 422 Å². The summed E-state index contributed by atoms with van der Waals surface area (Å²) in [6, 6.07) is 66.2. The zero-order chi connectivity index (χ0) is 105. The van der Waals surface area contributed by atoms with Crippen molar-refractivity contribution in [2.45, 2.75) is 75.4 Å². The van der Waals surface area contributed by atoms with Crippen molar-refractivity contribution in [1.82, 2.24) is 101 Å². The fraction of sp³-hybridized carbons (Fsp3) is 0.200. The summed E-state index contributed by atoms with van der Waals surface area (Å²) in [4.78, 5) is 165. The van der Waals surface area contributed by atoms with Crippen molar-refractivity contribution in [2.24, 2.45) is 28.2 Å². The number of hydrogen-bond donors (Lipinski definition) is 8. The van der Waals surface area contributed by atoms with E-state index in [2.05, 4.69) is 103 Å². The monoisotopic (exact) mass is 2020 g/mol. The normalized spacial score (nSPS) is 18.8. The highest BCUT2D eigenvalue weighted by Crippen LogP contribution is 2.43. The van der Waals surface area contributed by atoms with Gasteiger partial charge in [-0.25, -0.2) is 24.2 Å². The minimum absolute atomic E-state index is 0.000163. The number of amides is 16. The van der Waals surface area contributed by atoms with Gasteiger partial charge in [0.15, 0.2) is 22.2 Å². The third-order valence-corrected chi connectivity index (χ3v) is 28.5. The molecule has 150 heavy (non-hydrogen) atoms. The Balaban J connectivity index is 0.000000117. The number of halogens is 4. The molecule has 0 saturated carbocycles. The quantitative estimate of drug-likeness (QED) is 0.0231. The van der Waals surface area contributed by atoms with Crippen LogP contribution in [-0.2, 0) is 95.7 Å². The van der Waals surface area contributed by atoms with Crippen molar-refractivity contribution in [3.8, 4) is 67.5 Å². The van der Waals surface area contributed by atoms with Crippen molar-refractivity contribution in [1.29, 1.82) is 0 Å². The van der Waals surface area contributed by atoms with Gasteiger partial charge in [-0.15, -0.1) is 0 Å². The van der Waals surface area contributed by atoms with Crippen LogP contribution in [0.15, 0.2) is 255 Å². The number of fused-ring (bicyclic) bond motifs is 8. The largest absolute Gasteiger partial charge is 0.497 e. The van der Waals surface area contributed by atoms with Gasteiger partial charge in [-0.05, 0) is 211 Å². The molecule has 756 valence electrons. The summed E-state index contributed by atoms with van der Waals surface area (Å²) in [5, 5.41) is 36.3. The first kappa shape index (κ1) is 97.2. The summed E-state index contributed by atoms with van der Waals surface area (Å²) in [6.07, 6.45) is 7.35. The number of carbonyl (C=O) groups excluding carboxylic acids is 12. The number of nitrogens with zero attached hydrogens (tertiary/aromatic N) is 12. The fourth-order valence-corrected chi connectivity index (χ4v) is 21.0.